The van der Waals surface area contributed by atoms with E-state index in [9.17, 15) is 0 Å². The van der Waals surface area contributed by atoms with Gasteiger partial charge in [0.25, 0.3) is 0 Å². The number of halogens is 1. The first kappa shape index (κ1) is 17.1. The summed E-state index contributed by atoms with van der Waals surface area (Å²) >= 11 is 4.37. The Morgan fingerprint density at radius 1 is 0.750 bits per heavy atom. The third-order valence-electron chi connectivity index (χ3n) is 4.85. The third kappa shape index (κ3) is 2.57. The first-order valence-electron chi connectivity index (χ1n) is 8.20. The Balaban J connectivity index is 2.37. The van der Waals surface area contributed by atoms with Crippen LogP contribution in [0.1, 0.15) is 12.5 Å². The molecular formula is C22H22BrP. The minimum atomic E-state index is -2.66. The summed E-state index contributed by atoms with van der Waals surface area (Å²) < 4.78 is 0. The molecule has 0 aliphatic heterocycles. The van der Waals surface area contributed by atoms with E-state index in [1.807, 2.05) is 6.08 Å². The Morgan fingerprint density at radius 2 is 1.17 bits per heavy atom. The van der Waals surface area contributed by atoms with Gasteiger partial charge in [-0.3, -0.25) is 0 Å². The second kappa shape index (κ2) is 6.67. The number of rotatable bonds is 5. The quantitative estimate of drug-likeness (QED) is 0.500. The molecule has 24 heavy (non-hydrogen) atoms. The van der Waals surface area contributed by atoms with E-state index in [1.165, 1.54) is 15.9 Å². The molecule has 0 spiro atoms. The summed E-state index contributed by atoms with van der Waals surface area (Å²) in [5.74, 6) is 0. The maximum absolute atomic E-state index is 4.37. The van der Waals surface area contributed by atoms with Gasteiger partial charge in [-0.25, -0.2) is 0 Å². The van der Waals surface area contributed by atoms with Crippen LogP contribution in [0.4, 0.5) is 0 Å². The molecule has 0 nitrogen and oxygen atoms in total. The van der Waals surface area contributed by atoms with Gasteiger partial charge in [-0.1, -0.05) is 0 Å². The van der Waals surface area contributed by atoms with Crippen LogP contribution in [0.2, 0.25) is 0 Å². The third-order valence-corrected chi connectivity index (χ3v) is 15.4. The van der Waals surface area contributed by atoms with Gasteiger partial charge in [0.15, 0.2) is 0 Å². The fourth-order valence-electron chi connectivity index (χ4n) is 3.39. The van der Waals surface area contributed by atoms with Crippen molar-refractivity contribution in [2.45, 2.75) is 6.92 Å². The van der Waals surface area contributed by atoms with E-state index in [0.717, 1.165) is 11.7 Å². The molecule has 0 unspecified atom stereocenters. The fraction of sp³-hybridized carbons (Fsp3) is 0.0909. The van der Waals surface area contributed by atoms with Crippen LogP contribution in [0.15, 0.2) is 91.5 Å². The fourth-order valence-corrected chi connectivity index (χ4v) is 9.87. The van der Waals surface area contributed by atoms with E-state index in [4.69, 9.17) is 0 Å². The van der Waals surface area contributed by atoms with Gasteiger partial charge in [0.2, 0.25) is 0 Å². The Bertz CT molecular complexity index is 783. The van der Waals surface area contributed by atoms with Crippen molar-refractivity contribution in [2.24, 2.45) is 0 Å². The van der Waals surface area contributed by atoms with E-state index < -0.39 is 5.31 Å². The van der Waals surface area contributed by atoms with Crippen LogP contribution in [-0.4, -0.2) is 6.16 Å². The number of hydrogen-bond acceptors (Lipinski definition) is 0. The Morgan fingerprint density at radius 3 is 1.54 bits per heavy atom. The molecule has 2 heteroatoms. The molecule has 3 aromatic carbocycles. The summed E-state index contributed by atoms with van der Waals surface area (Å²) in [7, 11) is 0. The molecule has 0 aromatic heterocycles. The van der Waals surface area contributed by atoms with Gasteiger partial charge < -0.3 is 0 Å². The average molecular weight is 397 g/mol. The van der Waals surface area contributed by atoms with Crippen molar-refractivity contribution in [3.05, 3.63) is 97.1 Å². The van der Waals surface area contributed by atoms with E-state index in [1.54, 1.807) is 0 Å². The Kier molecular flexibility index (Phi) is 4.76. The molecule has 0 amide bonds. The molecule has 0 aliphatic rings. The van der Waals surface area contributed by atoms with Gasteiger partial charge in [-0.05, 0) is 0 Å². The second-order valence-corrected chi connectivity index (χ2v) is 15.2. The van der Waals surface area contributed by atoms with Gasteiger partial charge in [-0.2, -0.15) is 0 Å². The molecule has 3 rings (SSSR count). The molecule has 0 radical (unpaired) electrons. The van der Waals surface area contributed by atoms with Crippen LogP contribution in [0, 0.1) is 0 Å². The van der Waals surface area contributed by atoms with Crippen molar-refractivity contribution in [1.29, 1.82) is 0 Å². The van der Waals surface area contributed by atoms with E-state index >= 15 is 0 Å². The molecule has 0 saturated carbocycles. The standard InChI is InChI=1S/C22H22BrP/c1-3-19-15-17-22(18-16-19)24(23,4-2,20-11-7-5-8-12-20)21-13-9-6-10-14-21/h3,5-18H,1,4H2,2H3. The summed E-state index contributed by atoms with van der Waals surface area (Å²) in [6.07, 6.45) is 2.91. The van der Waals surface area contributed by atoms with Gasteiger partial charge >= 0.3 is 153 Å². The predicted octanol–water partition coefficient (Wildman–Crippen LogP) is 5.49. The molecule has 0 aliphatic carbocycles. The van der Waals surface area contributed by atoms with Crippen molar-refractivity contribution < 1.29 is 0 Å². The van der Waals surface area contributed by atoms with Gasteiger partial charge in [0.05, 0.1) is 0 Å². The van der Waals surface area contributed by atoms with E-state index in [-0.39, 0.29) is 0 Å². The minimum absolute atomic E-state index is 1.02. The van der Waals surface area contributed by atoms with Crippen LogP contribution < -0.4 is 15.9 Å². The molecule has 3 aromatic rings. The normalized spacial score (nSPS) is 13.0. The average Bonchev–Trinajstić information content (AvgIpc) is 2.69. The van der Waals surface area contributed by atoms with Crippen molar-refractivity contribution >= 4 is 42.8 Å². The Hall–Kier alpha value is -1.69. The summed E-state index contributed by atoms with van der Waals surface area (Å²) in [6, 6.07) is 30.5. The zero-order valence-electron chi connectivity index (χ0n) is 13.9. The topological polar surface area (TPSA) is 0 Å². The maximum atomic E-state index is 4.37. The van der Waals surface area contributed by atoms with Crippen molar-refractivity contribution in [3.8, 4) is 0 Å². The van der Waals surface area contributed by atoms with Crippen LogP contribution in [-0.2, 0) is 0 Å². The Labute approximate surface area is 152 Å². The summed E-state index contributed by atoms with van der Waals surface area (Å²) in [6.45, 7) is 6.16. The van der Waals surface area contributed by atoms with Crippen molar-refractivity contribution in [3.63, 3.8) is 0 Å². The molecule has 0 atom stereocenters. The van der Waals surface area contributed by atoms with E-state index in [0.29, 0.717) is 0 Å². The first-order chi connectivity index (χ1) is 11.6. The summed E-state index contributed by atoms with van der Waals surface area (Å²) in [5.41, 5.74) is 1.15. The molecule has 0 heterocycles. The van der Waals surface area contributed by atoms with Gasteiger partial charge in [0, 0.05) is 0 Å². The van der Waals surface area contributed by atoms with Crippen LogP contribution in [0.25, 0.3) is 6.08 Å². The van der Waals surface area contributed by atoms with Crippen LogP contribution >= 0.6 is 20.8 Å². The molecular weight excluding hydrogens is 375 g/mol. The van der Waals surface area contributed by atoms with Crippen LogP contribution in [0.3, 0.4) is 0 Å². The zero-order valence-corrected chi connectivity index (χ0v) is 16.4. The summed E-state index contributed by atoms with van der Waals surface area (Å²) in [4.78, 5) is 0. The monoisotopic (exact) mass is 396 g/mol. The summed E-state index contributed by atoms with van der Waals surface area (Å²) in [5, 5.41) is 1.42. The number of hydrogen-bond donors (Lipinski definition) is 0. The predicted molar refractivity (Wildman–Crippen MR) is 115 cm³/mol. The number of benzene rings is 3. The molecule has 0 bridgehead atoms. The van der Waals surface area contributed by atoms with E-state index in [2.05, 4.69) is 114 Å². The van der Waals surface area contributed by atoms with Crippen LogP contribution in [0.5, 0.6) is 0 Å². The van der Waals surface area contributed by atoms with Crippen molar-refractivity contribution in [2.75, 3.05) is 6.16 Å². The molecule has 0 N–H and O–H groups in total. The van der Waals surface area contributed by atoms with Gasteiger partial charge in [0.1, 0.15) is 0 Å². The molecule has 0 saturated heterocycles. The first-order valence-corrected chi connectivity index (χ1v) is 12.6. The van der Waals surface area contributed by atoms with Gasteiger partial charge in [-0.15, -0.1) is 0 Å². The van der Waals surface area contributed by atoms with Crippen molar-refractivity contribution in [1.82, 2.24) is 0 Å². The second-order valence-electron chi connectivity index (χ2n) is 5.97. The SMILES string of the molecule is C=Cc1ccc(P(Br)(CC)(c2ccccc2)c2ccccc2)cc1. The molecule has 122 valence electrons. The molecule has 0 fully saturated rings. The zero-order chi connectivity index (χ0) is 17.1.